The number of amides is 3. The number of aliphatic hydroxyl groups excluding tert-OH is 1. The summed E-state index contributed by atoms with van der Waals surface area (Å²) in [5.74, 6) is 0.926. The first kappa shape index (κ1) is 20.2. The lowest BCUT2D eigenvalue weighted by atomic mass is 9.95. The molecule has 3 amide bonds. The largest absolute Gasteiger partial charge is 0.396 e. The maximum atomic E-state index is 13.1. The van der Waals surface area contributed by atoms with Crippen LogP contribution in [-0.4, -0.2) is 70.2 Å². The third kappa shape index (κ3) is 3.97. The van der Waals surface area contributed by atoms with Gasteiger partial charge in [0, 0.05) is 37.9 Å². The lowest BCUT2D eigenvalue weighted by Crippen LogP contribution is -2.56. The van der Waals surface area contributed by atoms with Crippen molar-refractivity contribution in [2.75, 3.05) is 31.6 Å². The number of aromatic nitrogens is 1. The molecule has 1 fully saturated rings. The number of aliphatic hydroxyl groups is 1. The molecule has 9 nitrogen and oxygen atoms in total. The van der Waals surface area contributed by atoms with Gasteiger partial charge < -0.3 is 20.6 Å². The highest BCUT2D eigenvalue weighted by Gasteiger charge is 2.42. The molecule has 4 N–H and O–H groups in total. The molecule has 1 saturated heterocycles. The van der Waals surface area contributed by atoms with Crippen molar-refractivity contribution in [2.45, 2.75) is 32.4 Å². The first-order valence-electron chi connectivity index (χ1n) is 10.2. The van der Waals surface area contributed by atoms with Gasteiger partial charge in [-0.1, -0.05) is 26.0 Å². The Kier molecular flexibility index (Phi) is 5.38. The number of carbonyl (C=O) groups is 2. The molecule has 3 aliphatic heterocycles. The molecule has 1 aromatic rings. The predicted molar refractivity (Wildman–Crippen MR) is 112 cm³/mol. The molecule has 160 valence electrons. The van der Waals surface area contributed by atoms with Crippen LogP contribution in [0.25, 0.3) is 0 Å². The molecule has 0 saturated carbocycles. The van der Waals surface area contributed by atoms with Gasteiger partial charge >= 0.3 is 6.03 Å². The number of hydrogen-bond acceptors (Lipinski definition) is 6. The van der Waals surface area contributed by atoms with E-state index in [1.807, 2.05) is 32.1 Å². The van der Waals surface area contributed by atoms with E-state index in [-0.39, 0.29) is 24.6 Å². The lowest BCUT2D eigenvalue weighted by Gasteiger charge is -2.41. The van der Waals surface area contributed by atoms with Gasteiger partial charge in [0.15, 0.2) is 0 Å². The van der Waals surface area contributed by atoms with Crippen LogP contribution < -0.4 is 16.0 Å². The van der Waals surface area contributed by atoms with Crippen LogP contribution >= 0.6 is 0 Å². The maximum Gasteiger partial charge on any atom is 0.328 e. The Balaban J connectivity index is 1.51. The number of nitrogens with zero attached hydrogens (tertiary/aromatic N) is 3. The minimum Gasteiger partial charge on any atom is -0.396 e. The summed E-state index contributed by atoms with van der Waals surface area (Å²) in [4.78, 5) is 33.9. The summed E-state index contributed by atoms with van der Waals surface area (Å²) in [6, 6.07) is 4.52. The molecule has 9 heteroatoms. The molecule has 0 spiro atoms. The molecule has 2 atom stereocenters. The second-order valence-electron chi connectivity index (χ2n) is 8.66. The van der Waals surface area contributed by atoms with Gasteiger partial charge in [-0.2, -0.15) is 0 Å². The van der Waals surface area contributed by atoms with Gasteiger partial charge in [0.25, 0.3) is 0 Å². The summed E-state index contributed by atoms with van der Waals surface area (Å²) in [6.45, 7) is 5.74. The molecule has 0 aromatic carbocycles. The van der Waals surface area contributed by atoms with Gasteiger partial charge in [-0.15, -0.1) is 0 Å². The third-order valence-corrected chi connectivity index (χ3v) is 5.66. The predicted octanol–water partition coefficient (Wildman–Crippen LogP) is 0.835. The summed E-state index contributed by atoms with van der Waals surface area (Å²) >= 11 is 0. The van der Waals surface area contributed by atoms with Crippen molar-refractivity contribution in [2.24, 2.45) is 5.41 Å². The van der Waals surface area contributed by atoms with Crippen molar-refractivity contribution in [1.29, 1.82) is 0 Å². The Morgan fingerprint density at radius 1 is 1.37 bits per heavy atom. The van der Waals surface area contributed by atoms with E-state index in [1.54, 1.807) is 23.2 Å². The Hall–Kier alpha value is -3.07. The second-order valence-corrected chi connectivity index (χ2v) is 8.66. The van der Waals surface area contributed by atoms with Crippen LogP contribution in [0.5, 0.6) is 0 Å². The standard InChI is InChI=1S/C21H28N6O3/c1-21(2,13-28)12-23-19(29)15-6-7-16-18(24-15)27(14-8-10-26(16)11-14)20(30)25-17-5-3-4-9-22-17/h3-7,9,14-15,24,28H,8,10-13H2,1-2H3,(H,23,29)(H,22,25,30). The van der Waals surface area contributed by atoms with Crippen molar-refractivity contribution in [3.05, 3.63) is 48.1 Å². The van der Waals surface area contributed by atoms with E-state index >= 15 is 0 Å². The average molecular weight is 412 g/mol. The van der Waals surface area contributed by atoms with Crippen molar-refractivity contribution >= 4 is 17.8 Å². The summed E-state index contributed by atoms with van der Waals surface area (Å²) in [7, 11) is 0. The smallest absolute Gasteiger partial charge is 0.328 e. The van der Waals surface area contributed by atoms with E-state index in [0.29, 0.717) is 18.2 Å². The molecule has 1 aromatic heterocycles. The molecular weight excluding hydrogens is 384 g/mol. The van der Waals surface area contributed by atoms with Crippen LogP contribution in [0.3, 0.4) is 0 Å². The van der Waals surface area contributed by atoms with Gasteiger partial charge in [-0.05, 0) is 24.6 Å². The van der Waals surface area contributed by atoms with Gasteiger partial charge in [0.2, 0.25) is 5.91 Å². The summed E-state index contributed by atoms with van der Waals surface area (Å²) < 4.78 is 0. The first-order chi connectivity index (χ1) is 14.4. The molecule has 0 radical (unpaired) electrons. The quantitative estimate of drug-likeness (QED) is 0.571. The number of fused-ring (bicyclic) bond motifs is 3. The van der Waals surface area contributed by atoms with Crippen LogP contribution in [0.4, 0.5) is 10.6 Å². The van der Waals surface area contributed by atoms with Gasteiger partial charge in [-0.25, -0.2) is 9.78 Å². The fraction of sp³-hybridized carbons (Fsp3) is 0.476. The zero-order valence-electron chi connectivity index (χ0n) is 17.3. The Morgan fingerprint density at radius 3 is 2.93 bits per heavy atom. The molecule has 4 rings (SSSR count). The third-order valence-electron chi connectivity index (χ3n) is 5.66. The van der Waals surface area contributed by atoms with E-state index in [0.717, 1.165) is 25.2 Å². The molecule has 3 aliphatic rings. The highest BCUT2D eigenvalue weighted by Crippen LogP contribution is 2.33. The molecule has 0 aliphatic carbocycles. The van der Waals surface area contributed by atoms with Gasteiger partial charge in [0.05, 0.1) is 11.7 Å². The molecule has 30 heavy (non-hydrogen) atoms. The Labute approximate surface area is 175 Å². The number of pyridine rings is 1. The van der Waals surface area contributed by atoms with E-state index in [1.165, 1.54) is 0 Å². The van der Waals surface area contributed by atoms with Crippen molar-refractivity contribution in [3.63, 3.8) is 0 Å². The minimum absolute atomic E-state index is 0.0192. The SMILES string of the molecule is CC(C)(CO)CNC(=O)C1C=CC2=C(N1)N(C(=O)Nc1ccccn1)C1CCN2C1. The number of hydrogen-bond donors (Lipinski definition) is 4. The number of allylic oxidation sites excluding steroid dienone is 1. The molecular formula is C21H28N6O3. The monoisotopic (exact) mass is 412 g/mol. The lowest BCUT2D eigenvalue weighted by molar-refractivity contribution is -0.122. The van der Waals surface area contributed by atoms with Crippen LogP contribution in [0.2, 0.25) is 0 Å². The normalized spacial score (nSPS) is 22.5. The van der Waals surface area contributed by atoms with E-state index in [9.17, 15) is 14.7 Å². The average Bonchev–Trinajstić information content (AvgIpc) is 3.16. The van der Waals surface area contributed by atoms with Crippen LogP contribution in [0.1, 0.15) is 20.3 Å². The Bertz CT molecular complexity index is 882. The highest BCUT2D eigenvalue weighted by molar-refractivity contribution is 5.91. The van der Waals surface area contributed by atoms with Crippen molar-refractivity contribution in [1.82, 2.24) is 25.4 Å². The fourth-order valence-corrected chi connectivity index (χ4v) is 3.86. The fourth-order valence-electron chi connectivity index (χ4n) is 3.86. The van der Waals surface area contributed by atoms with Crippen LogP contribution in [0.15, 0.2) is 48.1 Å². The number of dihydropyridines is 1. The zero-order valence-corrected chi connectivity index (χ0v) is 17.3. The number of rotatable bonds is 5. The van der Waals surface area contributed by atoms with Gasteiger partial charge in [-0.3, -0.25) is 15.0 Å². The van der Waals surface area contributed by atoms with Crippen molar-refractivity contribution in [3.8, 4) is 0 Å². The zero-order chi connectivity index (χ0) is 21.3. The number of urea groups is 1. The summed E-state index contributed by atoms with van der Waals surface area (Å²) in [5, 5.41) is 18.4. The van der Waals surface area contributed by atoms with Crippen molar-refractivity contribution < 1.29 is 14.7 Å². The molecule has 2 bridgehead atoms. The number of nitrogens with one attached hydrogen (secondary N) is 3. The topological polar surface area (TPSA) is 110 Å². The first-order valence-corrected chi connectivity index (χ1v) is 10.2. The summed E-state index contributed by atoms with van der Waals surface area (Å²) in [6.07, 6.45) is 6.22. The number of carbonyl (C=O) groups excluding carboxylic acids is 2. The van der Waals surface area contributed by atoms with Gasteiger partial charge in [0.1, 0.15) is 17.7 Å². The summed E-state index contributed by atoms with van der Waals surface area (Å²) in [5.41, 5.74) is 0.516. The Morgan fingerprint density at radius 2 is 2.20 bits per heavy atom. The minimum atomic E-state index is -0.595. The van der Waals surface area contributed by atoms with E-state index in [4.69, 9.17) is 0 Å². The number of anilines is 1. The molecule has 4 heterocycles. The second kappa shape index (κ2) is 7.98. The van der Waals surface area contributed by atoms with Crippen LogP contribution in [0, 0.1) is 5.41 Å². The highest BCUT2D eigenvalue weighted by atomic mass is 16.3. The molecule has 2 unspecified atom stereocenters. The van der Waals surface area contributed by atoms with E-state index in [2.05, 4.69) is 25.8 Å². The maximum absolute atomic E-state index is 13.1. The van der Waals surface area contributed by atoms with E-state index < -0.39 is 11.5 Å². The van der Waals surface area contributed by atoms with Crippen LogP contribution in [-0.2, 0) is 4.79 Å².